The van der Waals surface area contributed by atoms with Gasteiger partial charge in [-0.15, -0.1) is 11.3 Å². The number of carboxylic acids is 1. The number of carbonyl (C=O) groups excluding carboxylic acids is 1. The Morgan fingerprint density at radius 2 is 2.03 bits per heavy atom. The predicted molar refractivity (Wildman–Crippen MR) is 147 cm³/mol. The molecule has 0 bridgehead atoms. The van der Waals surface area contributed by atoms with Crippen LogP contribution in [0, 0.1) is 11.8 Å². The molecule has 1 atom stereocenters. The molecule has 0 saturated carbocycles. The summed E-state index contributed by atoms with van der Waals surface area (Å²) in [5, 5.41) is 23.9. The number of aliphatic hydroxyl groups excluding tert-OH is 1. The van der Waals surface area contributed by atoms with E-state index in [0.29, 0.717) is 55.4 Å². The average Bonchev–Trinajstić information content (AvgIpc) is 3.27. The van der Waals surface area contributed by atoms with Gasteiger partial charge in [0.1, 0.15) is 10.6 Å². The Hall–Kier alpha value is -2.87. The van der Waals surface area contributed by atoms with Crippen molar-refractivity contribution < 1.29 is 19.8 Å². The molecular formula is C27H26ClN3O4S2. The topological polar surface area (TPSA) is 94.0 Å². The standard InChI is InChI=1S/C27H26ClN3O4S2/c28-23-18-25(26(33)34)37-24(23)10-13-31-27(35)36-15-14-30(31)12-9-22(32)17-20-5-3-4-19(16-20)7-8-21-6-1-2-11-29-21/h1-6,11,16,18,22,32H,9-10,12-15,17H2,(H,33,34). The number of carboxylic acid groups (broad SMARTS) is 1. The van der Waals surface area contributed by atoms with Crippen LogP contribution < -0.4 is 0 Å². The summed E-state index contributed by atoms with van der Waals surface area (Å²) < 4.78 is 0. The van der Waals surface area contributed by atoms with Crippen molar-refractivity contribution in [1.82, 2.24) is 15.0 Å². The number of halogens is 1. The quantitative estimate of drug-likeness (QED) is 0.366. The van der Waals surface area contributed by atoms with E-state index < -0.39 is 12.1 Å². The highest BCUT2D eigenvalue weighted by molar-refractivity contribution is 8.13. The van der Waals surface area contributed by atoms with Crippen LogP contribution >= 0.6 is 34.7 Å². The predicted octanol–water partition coefficient (Wildman–Crippen LogP) is 4.82. The van der Waals surface area contributed by atoms with Crippen molar-refractivity contribution in [3.8, 4) is 11.8 Å². The monoisotopic (exact) mass is 555 g/mol. The summed E-state index contributed by atoms with van der Waals surface area (Å²) >= 11 is 8.60. The summed E-state index contributed by atoms with van der Waals surface area (Å²) in [6.07, 6.45) is 2.59. The Kier molecular flexibility index (Phi) is 9.61. The van der Waals surface area contributed by atoms with Crippen LogP contribution in [0.4, 0.5) is 4.79 Å². The molecule has 2 N–H and O–H groups in total. The molecule has 3 heterocycles. The Morgan fingerprint density at radius 3 is 2.78 bits per heavy atom. The van der Waals surface area contributed by atoms with Gasteiger partial charge in [0, 0.05) is 48.4 Å². The molecule has 3 aromatic rings. The van der Waals surface area contributed by atoms with Crippen molar-refractivity contribution in [3.63, 3.8) is 0 Å². The fraction of sp³-hybridized carbons (Fsp3) is 0.296. The van der Waals surface area contributed by atoms with E-state index in [1.165, 1.54) is 17.8 Å². The lowest BCUT2D eigenvalue weighted by Gasteiger charge is -2.38. The van der Waals surface area contributed by atoms with E-state index in [4.69, 9.17) is 11.6 Å². The fourth-order valence-electron chi connectivity index (χ4n) is 3.93. The maximum atomic E-state index is 12.6. The van der Waals surface area contributed by atoms with Crippen LogP contribution in [0.25, 0.3) is 0 Å². The first kappa shape index (κ1) is 27.2. The number of carbonyl (C=O) groups is 2. The first-order chi connectivity index (χ1) is 17.9. The summed E-state index contributed by atoms with van der Waals surface area (Å²) in [4.78, 5) is 29.0. The molecule has 1 saturated heterocycles. The van der Waals surface area contributed by atoms with E-state index in [1.54, 1.807) is 11.2 Å². The van der Waals surface area contributed by atoms with Gasteiger partial charge in [0.15, 0.2) is 0 Å². The Bertz CT molecular complexity index is 1310. The van der Waals surface area contributed by atoms with E-state index >= 15 is 0 Å². The number of rotatable bonds is 9. The van der Waals surface area contributed by atoms with Crippen LogP contribution in [0.2, 0.25) is 5.02 Å². The number of benzene rings is 1. The van der Waals surface area contributed by atoms with Gasteiger partial charge in [-0.2, -0.15) is 0 Å². The summed E-state index contributed by atoms with van der Waals surface area (Å²) in [6.45, 7) is 1.63. The zero-order valence-corrected chi connectivity index (χ0v) is 22.4. The van der Waals surface area contributed by atoms with E-state index in [1.807, 2.05) is 47.5 Å². The van der Waals surface area contributed by atoms with E-state index in [9.17, 15) is 19.8 Å². The van der Waals surface area contributed by atoms with E-state index in [0.717, 1.165) is 27.3 Å². The van der Waals surface area contributed by atoms with Gasteiger partial charge in [-0.3, -0.25) is 9.80 Å². The smallest absolute Gasteiger partial charge is 0.345 e. The molecule has 1 aliphatic heterocycles. The highest BCUT2D eigenvalue weighted by atomic mass is 35.5. The number of aromatic carboxylic acids is 1. The zero-order valence-electron chi connectivity index (χ0n) is 20.0. The highest BCUT2D eigenvalue weighted by Crippen LogP contribution is 2.29. The number of aromatic nitrogens is 1. The number of hydrazine groups is 1. The lowest BCUT2D eigenvalue weighted by Crippen LogP contribution is -2.51. The summed E-state index contributed by atoms with van der Waals surface area (Å²) in [5.74, 6) is 5.84. The van der Waals surface area contributed by atoms with Crippen LogP contribution in [0.3, 0.4) is 0 Å². The highest BCUT2D eigenvalue weighted by Gasteiger charge is 2.27. The molecule has 1 fully saturated rings. The maximum Gasteiger partial charge on any atom is 0.345 e. The number of thiophene rings is 1. The second-order valence-electron chi connectivity index (χ2n) is 8.44. The van der Waals surface area contributed by atoms with Gasteiger partial charge in [-0.05, 0) is 54.7 Å². The molecule has 1 aromatic carbocycles. The second kappa shape index (κ2) is 13.1. The van der Waals surface area contributed by atoms with Gasteiger partial charge >= 0.3 is 5.97 Å². The van der Waals surface area contributed by atoms with Crippen LogP contribution in [-0.4, -0.2) is 67.9 Å². The molecule has 2 aromatic heterocycles. The third-order valence-corrected chi connectivity index (χ3v) is 8.24. The number of nitrogens with zero attached hydrogens (tertiary/aromatic N) is 3. The summed E-state index contributed by atoms with van der Waals surface area (Å²) in [5.41, 5.74) is 2.55. The van der Waals surface area contributed by atoms with Crippen LogP contribution in [-0.2, 0) is 12.8 Å². The van der Waals surface area contributed by atoms with E-state index in [-0.39, 0.29) is 10.1 Å². The van der Waals surface area contributed by atoms with Crippen molar-refractivity contribution in [1.29, 1.82) is 0 Å². The molecular weight excluding hydrogens is 530 g/mol. The molecule has 1 aliphatic rings. The molecule has 192 valence electrons. The number of hydrogen-bond acceptors (Lipinski definition) is 7. The van der Waals surface area contributed by atoms with Gasteiger partial charge in [-0.25, -0.2) is 14.8 Å². The second-order valence-corrected chi connectivity index (χ2v) is 11.0. The Morgan fingerprint density at radius 1 is 1.16 bits per heavy atom. The van der Waals surface area contributed by atoms with Crippen molar-refractivity contribution in [2.24, 2.45) is 0 Å². The van der Waals surface area contributed by atoms with Crippen molar-refractivity contribution in [2.75, 3.05) is 25.4 Å². The largest absolute Gasteiger partial charge is 0.477 e. The fourth-order valence-corrected chi connectivity index (χ4v) is 6.02. The lowest BCUT2D eigenvalue weighted by molar-refractivity contribution is 0.0148. The number of aliphatic hydroxyl groups is 1. The van der Waals surface area contributed by atoms with Crippen molar-refractivity contribution in [3.05, 3.63) is 86.3 Å². The summed E-state index contributed by atoms with van der Waals surface area (Å²) in [6, 6.07) is 14.9. The Balaban J connectivity index is 1.32. The van der Waals surface area contributed by atoms with Crippen molar-refractivity contribution >= 4 is 45.9 Å². The molecule has 0 aliphatic carbocycles. The Labute approximate surface area is 229 Å². The molecule has 7 nitrogen and oxygen atoms in total. The number of hydrogen-bond donors (Lipinski definition) is 2. The third kappa shape index (κ3) is 7.81. The van der Waals surface area contributed by atoms with Crippen LogP contribution in [0.1, 0.15) is 37.8 Å². The van der Waals surface area contributed by atoms with Crippen LogP contribution in [0.15, 0.2) is 54.7 Å². The molecule has 37 heavy (non-hydrogen) atoms. The van der Waals surface area contributed by atoms with Gasteiger partial charge in [-0.1, -0.05) is 47.5 Å². The van der Waals surface area contributed by atoms with Gasteiger partial charge < -0.3 is 10.2 Å². The minimum absolute atomic E-state index is 0.0499. The maximum absolute atomic E-state index is 12.6. The van der Waals surface area contributed by atoms with Crippen LogP contribution in [0.5, 0.6) is 0 Å². The number of amides is 1. The number of thioether (sulfide) groups is 1. The molecule has 4 rings (SSSR count). The molecule has 1 amide bonds. The van der Waals surface area contributed by atoms with Gasteiger partial charge in [0.25, 0.3) is 5.24 Å². The third-order valence-electron chi connectivity index (χ3n) is 5.76. The molecule has 0 spiro atoms. The number of pyridine rings is 1. The lowest BCUT2D eigenvalue weighted by atomic mass is 10.0. The molecule has 0 radical (unpaired) electrons. The molecule has 1 unspecified atom stereocenters. The normalized spacial score (nSPS) is 14.8. The first-order valence-corrected chi connectivity index (χ1v) is 14.0. The van der Waals surface area contributed by atoms with Gasteiger partial charge in [0.05, 0.1) is 11.1 Å². The van der Waals surface area contributed by atoms with Crippen molar-refractivity contribution in [2.45, 2.75) is 25.4 Å². The SMILES string of the molecule is O=C(O)c1cc(Cl)c(CCN2C(=O)SCCN2CCC(O)Cc2cccc(C#Cc3ccccn3)c2)s1. The van der Waals surface area contributed by atoms with Gasteiger partial charge in [0.2, 0.25) is 0 Å². The summed E-state index contributed by atoms with van der Waals surface area (Å²) in [7, 11) is 0. The minimum atomic E-state index is -1.01. The van der Waals surface area contributed by atoms with E-state index in [2.05, 4.69) is 16.8 Å². The zero-order chi connectivity index (χ0) is 26.2. The average molecular weight is 556 g/mol. The minimum Gasteiger partial charge on any atom is -0.477 e. The molecule has 10 heteroatoms. The first-order valence-electron chi connectivity index (χ1n) is 11.8.